The number of nitrogens with one attached hydrogen (secondary N) is 1. The monoisotopic (exact) mass is 368 g/mol. The number of carbonyl (C=O) groups excluding carboxylic acids is 2. The maximum absolute atomic E-state index is 12.8. The van der Waals surface area contributed by atoms with Gasteiger partial charge in [-0.1, -0.05) is 12.1 Å². The van der Waals surface area contributed by atoms with Gasteiger partial charge in [-0.05, 0) is 44.0 Å². The van der Waals surface area contributed by atoms with Crippen molar-refractivity contribution in [2.75, 3.05) is 29.9 Å². The van der Waals surface area contributed by atoms with Crippen LogP contribution < -0.4 is 20.7 Å². The Morgan fingerprint density at radius 2 is 1.96 bits per heavy atom. The molecule has 0 bridgehead atoms. The second-order valence-corrected chi connectivity index (χ2v) is 6.42. The van der Waals surface area contributed by atoms with E-state index in [1.165, 1.54) is 0 Å². The number of nitrogens with zero attached hydrogens (tertiary/aromatic N) is 2. The Morgan fingerprint density at radius 3 is 2.67 bits per heavy atom. The average molecular weight is 368 g/mol. The highest BCUT2D eigenvalue weighted by Gasteiger charge is 2.25. The molecule has 2 heterocycles. The molecular weight excluding hydrogens is 344 g/mol. The molecule has 1 aromatic heterocycles. The van der Waals surface area contributed by atoms with Crippen LogP contribution >= 0.6 is 0 Å². The molecule has 1 saturated heterocycles. The SMILES string of the molecule is CCOc1ncccc1C(=O)Nc1ccccc1N1CCC(C(N)=O)CC1. The molecule has 0 unspecified atom stereocenters. The zero-order valence-corrected chi connectivity index (χ0v) is 15.4. The number of anilines is 2. The summed E-state index contributed by atoms with van der Waals surface area (Å²) in [6.07, 6.45) is 3.03. The fourth-order valence-electron chi connectivity index (χ4n) is 3.27. The van der Waals surface area contributed by atoms with Crippen molar-refractivity contribution in [3.05, 3.63) is 48.2 Å². The summed E-state index contributed by atoms with van der Waals surface area (Å²) in [5.41, 5.74) is 7.45. The molecular formula is C20H24N4O3. The topological polar surface area (TPSA) is 97.6 Å². The summed E-state index contributed by atoms with van der Waals surface area (Å²) in [6, 6.07) is 11.0. The van der Waals surface area contributed by atoms with E-state index in [0.717, 1.165) is 18.8 Å². The summed E-state index contributed by atoms with van der Waals surface area (Å²) in [6.45, 7) is 3.72. The molecule has 0 saturated carbocycles. The van der Waals surface area contributed by atoms with Crippen LogP contribution in [0.3, 0.4) is 0 Å². The maximum atomic E-state index is 12.8. The van der Waals surface area contributed by atoms with E-state index < -0.39 is 0 Å². The van der Waals surface area contributed by atoms with Crippen LogP contribution in [0.2, 0.25) is 0 Å². The number of nitrogens with two attached hydrogens (primary N) is 1. The maximum Gasteiger partial charge on any atom is 0.261 e. The summed E-state index contributed by atoms with van der Waals surface area (Å²) in [4.78, 5) is 30.5. The third-order valence-corrected chi connectivity index (χ3v) is 4.69. The molecule has 1 fully saturated rings. The number of hydrogen-bond acceptors (Lipinski definition) is 5. The molecule has 0 aliphatic carbocycles. The standard InChI is InChI=1S/C20H24N4O3/c1-2-27-20-15(6-5-11-22-20)19(26)23-16-7-3-4-8-17(16)24-12-9-14(10-13-24)18(21)25/h3-8,11,14H,2,9-10,12-13H2,1H3,(H2,21,25)(H,23,26). The molecule has 2 amide bonds. The van der Waals surface area contributed by atoms with Crippen LogP contribution in [-0.4, -0.2) is 36.5 Å². The first-order valence-electron chi connectivity index (χ1n) is 9.12. The molecule has 27 heavy (non-hydrogen) atoms. The summed E-state index contributed by atoms with van der Waals surface area (Å²) < 4.78 is 5.45. The van der Waals surface area contributed by atoms with E-state index in [9.17, 15) is 9.59 Å². The molecule has 1 aromatic carbocycles. The Bertz CT molecular complexity index is 816. The third kappa shape index (κ3) is 4.36. The largest absolute Gasteiger partial charge is 0.477 e. The van der Waals surface area contributed by atoms with Crippen LogP contribution in [0.15, 0.2) is 42.6 Å². The fourth-order valence-corrected chi connectivity index (χ4v) is 3.27. The number of rotatable bonds is 6. The Hall–Kier alpha value is -3.09. The number of benzene rings is 1. The first-order chi connectivity index (χ1) is 13.1. The number of carbonyl (C=O) groups is 2. The highest BCUT2D eigenvalue weighted by atomic mass is 16.5. The summed E-state index contributed by atoms with van der Waals surface area (Å²) in [5.74, 6) is -0.272. The lowest BCUT2D eigenvalue weighted by Crippen LogP contribution is -2.38. The van der Waals surface area contributed by atoms with Crippen molar-refractivity contribution in [2.45, 2.75) is 19.8 Å². The second-order valence-electron chi connectivity index (χ2n) is 6.42. The fraction of sp³-hybridized carbons (Fsp3) is 0.350. The Labute approximate surface area is 158 Å². The molecule has 0 spiro atoms. The zero-order chi connectivity index (χ0) is 19.2. The van der Waals surface area contributed by atoms with Gasteiger partial charge in [0.2, 0.25) is 11.8 Å². The van der Waals surface area contributed by atoms with Crippen LogP contribution in [0.4, 0.5) is 11.4 Å². The van der Waals surface area contributed by atoms with E-state index >= 15 is 0 Å². The number of piperidine rings is 1. The number of amides is 2. The first-order valence-corrected chi connectivity index (χ1v) is 9.12. The van der Waals surface area contributed by atoms with Crippen LogP contribution in [0.5, 0.6) is 5.88 Å². The highest BCUT2D eigenvalue weighted by Crippen LogP contribution is 2.30. The van der Waals surface area contributed by atoms with Gasteiger partial charge < -0.3 is 20.7 Å². The number of ether oxygens (including phenoxy) is 1. The summed E-state index contributed by atoms with van der Waals surface area (Å²) in [5, 5.41) is 2.96. The van der Waals surface area contributed by atoms with Gasteiger partial charge in [-0.3, -0.25) is 9.59 Å². The summed E-state index contributed by atoms with van der Waals surface area (Å²) in [7, 11) is 0. The first kappa shape index (κ1) is 18.7. The highest BCUT2D eigenvalue weighted by molar-refractivity contribution is 6.07. The zero-order valence-electron chi connectivity index (χ0n) is 15.4. The molecule has 1 aliphatic heterocycles. The third-order valence-electron chi connectivity index (χ3n) is 4.69. The van der Waals surface area contributed by atoms with Crippen molar-refractivity contribution >= 4 is 23.2 Å². The van der Waals surface area contributed by atoms with Crippen molar-refractivity contribution in [2.24, 2.45) is 11.7 Å². The molecule has 0 atom stereocenters. The number of primary amides is 1. The van der Waals surface area contributed by atoms with E-state index in [1.54, 1.807) is 18.3 Å². The van der Waals surface area contributed by atoms with Crippen molar-refractivity contribution in [3.63, 3.8) is 0 Å². The quantitative estimate of drug-likeness (QED) is 0.816. The number of pyridine rings is 1. The number of hydrogen-bond donors (Lipinski definition) is 2. The lowest BCUT2D eigenvalue weighted by atomic mass is 9.96. The van der Waals surface area contributed by atoms with E-state index in [-0.39, 0.29) is 17.7 Å². The average Bonchev–Trinajstić information content (AvgIpc) is 2.69. The van der Waals surface area contributed by atoms with Gasteiger partial charge in [0.25, 0.3) is 5.91 Å². The molecule has 3 rings (SSSR count). The molecule has 142 valence electrons. The van der Waals surface area contributed by atoms with E-state index in [0.29, 0.717) is 36.6 Å². The molecule has 0 radical (unpaired) electrons. The lowest BCUT2D eigenvalue weighted by Gasteiger charge is -2.33. The minimum atomic E-state index is -0.272. The Morgan fingerprint density at radius 1 is 1.22 bits per heavy atom. The van der Waals surface area contributed by atoms with Gasteiger partial charge >= 0.3 is 0 Å². The normalized spacial score (nSPS) is 14.6. The molecule has 3 N–H and O–H groups in total. The van der Waals surface area contributed by atoms with Gasteiger partial charge in [0.15, 0.2) is 0 Å². The molecule has 7 nitrogen and oxygen atoms in total. The molecule has 1 aliphatic rings. The van der Waals surface area contributed by atoms with Gasteiger partial charge in [-0.15, -0.1) is 0 Å². The van der Waals surface area contributed by atoms with Gasteiger partial charge in [-0.2, -0.15) is 0 Å². The second kappa shape index (κ2) is 8.53. The van der Waals surface area contributed by atoms with Gasteiger partial charge in [-0.25, -0.2) is 4.98 Å². The van der Waals surface area contributed by atoms with Crippen LogP contribution in [0.1, 0.15) is 30.1 Å². The van der Waals surface area contributed by atoms with Crippen LogP contribution in [-0.2, 0) is 4.79 Å². The predicted molar refractivity (Wildman–Crippen MR) is 104 cm³/mol. The van der Waals surface area contributed by atoms with E-state index in [4.69, 9.17) is 10.5 Å². The molecule has 2 aromatic rings. The number of para-hydroxylation sites is 2. The van der Waals surface area contributed by atoms with Crippen LogP contribution in [0.25, 0.3) is 0 Å². The Balaban J connectivity index is 1.77. The minimum absolute atomic E-state index is 0.0767. The van der Waals surface area contributed by atoms with E-state index in [1.807, 2.05) is 31.2 Å². The van der Waals surface area contributed by atoms with Crippen molar-refractivity contribution in [3.8, 4) is 5.88 Å². The Kier molecular flexibility index (Phi) is 5.90. The number of aromatic nitrogens is 1. The smallest absolute Gasteiger partial charge is 0.261 e. The summed E-state index contributed by atoms with van der Waals surface area (Å²) >= 11 is 0. The van der Waals surface area contributed by atoms with Crippen LogP contribution in [0, 0.1) is 5.92 Å². The van der Waals surface area contributed by atoms with Crippen molar-refractivity contribution in [1.29, 1.82) is 0 Å². The van der Waals surface area contributed by atoms with E-state index in [2.05, 4.69) is 15.2 Å². The lowest BCUT2D eigenvalue weighted by molar-refractivity contribution is -0.122. The van der Waals surface area contributed by atoms with Gasteiger partial charge in [0.1, 0.15) is 5.56 Å². The van der Waals surface area contributed by atoms with Crippen molar-refractivity contribution in [1.82, 2.24) is 4.98 Å². The van der Waals surface area contributed by atoms with Gasteiger partial charge in [0, 0.05) is 25.2 Å². The molecule has 7 heteroatoms. The predicted octanol–water partition coefficient (Wildman–Crippen LogP) is 2.43. The van der Waals surface area contributed by atoms with Crippen molar-refractivity contribution < 1.29 is 14.3 Å². The van der Waals surface area contributed by atoms with Gasteiger partial charge in [0.05, 0.1) is 18.0 Å². The minimum Gasteiger partial charge on any atom is -0.477 e.